The van der Waals surface area contributed by atoms with Crippen LogP contribution in [0.15, 0.2) is 48.5 Å². The Bertz CT molecular complexity index is 662. The van der Waals surface area contributed by atoms with Gasteiger partial charge in [0.2, 0.25) is 0 Å². The van der Waals surface area contributed by atoms with Crippen molar-refractivity contribution in [2.45, 2.75) is 37.2 Å². The summed E-state index contributed by atoms with van der Waals surface area (Å²) in [7, 11) is -0.956. The fourth-order valence-corrected chi connectivity index (χ4v) is 5.76. The van der Waals surface area contributed by atoms with E-state index in [9.17, 15) is 13.2 Å². The molecule has 24 heavy (non-hydrogen) atoms. The van der Waals surface area contributed by atoms with E-state index in [1.165, 1.54) is 42.6 Å². The van der Waals surface area contributed by atoms with Crippen LogP contribution in [0.25, 0.3) is 11.1 Å². The van der Waals surface area contributed by atoms with Crippen molar-refractivity contribution < 1.29 is 17.9 Å². The fraction of sp³-hybridized carbons (Fsp3) is 0.333. The van der Waals surface area contributed by atoms with Crippen molar-refractivity contribution in [3.63, 3.8) is 0 Å². The summed E-state index contributed by atoms with van der Waals surface area (Å²) in [5, 5.41) is 0. The SMILES string of the molecule is FC(F)(F)Oc1ccc(-c2ccc(C3CC[SiH](Cl)CC3)cc2)cc1. The van der Waals surface area contributed by atoms with Gasteiger partial charge in [-0.3, -0.25) is 0 Å². The highest BCUT2D eigenvalue weighted by molar-refractivity contribution is 7.07. The maximum atomic E-state index is 12.2. The van der Waals surface area contributed by atoms with Crippen LogP contribution in [0.2, 0.25) is 12.1 Å². The Labute approximate surface area is 145 Å². The standard InChI is InChI=1S/C18H18ClF3OSi/c19-24-11-9-16(10-12-24)14-3-1-13(2-4-14)15-5-7-17(8-6-15)23-18(20,21)22/h1-8,16,24H,9-12H2. The van der Waals surface area contributed by atoms with Crippen LogP contribution >= 0.6 is 11.1 Å². The molecule has 2 aromatic carbocycles. The third-order valence-corrected chi connectivity index (χ3v) is 7.69. The molecule has 1 heterocycles. The zero-order valence-corrected chi connectivity index (χ0v) is 14.9. The van der Waals surface area contributed by atoms with Crippen LogP contribution in [0, 0.1) is 0 Å². The normalized spacial score (nSPS) is 21.5. The third kappa shape index (κ3) is 4.54. The summed E-state index contributed by atoms with van der Waals surface area (Å²) in [6.07, 6.45) is -2.32. The van der Waals surface area contributed by atoms with Crippen LogP contribution in [0.3, 0.4) is 0 Å². The van der Waals surface area contributed by atoms with E-state index in [0.717, 1.165) is 11.1 Å². The number of hydrogen-bond acceptors (Lipinski definition) is 1. The molecule has 0 N–H and O–H groups in total. The van der Waals surface area contributed by atoms with Crippen molar-refractivity contribution >= 4 is 19.2 Å². The highest BCUT2D eigenvalue weighted by Crippen LogP contribution is 2.35. The summed E-state index contributed by atoms with van der Waals surface area (Å²) in [5.74, 6) is 0.383. The van der Waals surface area contributed by atoms with E-state index < -0.39 is 14.5 Å². The molecule has 0 atom stereocenters. The summed E-state index contributed by atoms with van der Waals surface area (Å²) in [5.41, 5.74) is 3.18. The largest absolute Gasteiger partial charge is 0.573 e. The lowest BCUT2D eigenvalue weighted by molar-refractivity contribution is -0.274. The lowest BCUT2D eigenvalue weighted by Crippen LogP contribution is -2.16. The first-order valence-electron chi connectivity index (χ1n) is 8.01. The highest BCUT2D eigenvalue weighted by atomic mass is 35.6. The molecule has 1 nitrogen and oxygen atoms in total. The van der Waals surface area contributed by atoms with Gasteiger partial charge in [-0.15, -0.1) is 13.2 Å². The van der Waals surface area contributed by atoms with E-state index in [-0.39, 0.29) is 5.75 Å². The maximum Gasteiger partial charge on any atom is 0.573 e. The molecule has 1 aliphatic heterocycles. The van der Waals surface area contributed by atoms with Crippen molar-refractivity contribution in [2.24, 2.45) is 0 Å². The highest BCUT2D eigenvalue weighted by Gasteiger charge is 2.31. The molecule has 1 aliphatic rings. The lowest BCUT2D eigenvalue weighted by atomic mass is 9.92. The van der Waals surface area contributed by atoms with Gasteiger partial charge in [0.25, 0.3) is 0 Å². The number of halogens is 4. The molecule has 0 aliphatic carbocycles. The maximum absolute atomic E-state index is 12.2. The first kappa shape index (κ1) is 17.4. The number of alkyl halides is 3. The molecule has 0 saturated carbocycles. The van der Waals surface area contributed by atoms with Gasteiger partial charge in [0.15, 0.2) is 0 Å². The summed E-state index contributed by atoms with van der Waals surface area (Å²) in [6.45, 7) is 0. The second kappa shape index (κ2) is 7.19. The average Bonchev–Trinajstić information content (AvgIpc) is 2.55. The van der Waals surface area contributed by atoms with Gasteiger partial charge in [-0.2, -0.15) is 11.1 Å². The molecule has 1 saturated heterocycles. The topological polar surface area (TPSA) is 9.23 Å². The van der Waals surface area contributed by atoms with Crippen LogP contribution in [0.5, 0.6) is 5.75 Å². The number of hydrogen-bond donors (Lipinski definition) is 0. The van der Waals surface area contributed by atoms with Crippen molar-refractivity contribution in [1.29, 1.82) is 0 Å². The predicted molar refractivity (Wildman–Crippen MR) is 93.2 cm³/mol. The second-order valence-electron chi connectivity index (χ2n) is 6.14. The smallest absolute Gasteiger partial charge is 0.406 e. The Kier molecular flexibility index (Phi) is 5.20. The zero-order valence-electron chi connectivity index (χ0n) is 13.0. The van der Waals surface area contributed by atoms with Crippen molar-refractivity contribution in [2.75, 3.05) is 0 Å². The van der Waals surface area contributed by atoms with Crippen molar-refractivity contribution in [3.8, 4) is 16.9 Å². The molecule has 2 aromatic rings. The van der Waals surface area contributed by atoms with E-state index in [4.69, 9.17) is 11.1 Å². The minimum absolute atomic E-state index is 0.204. The first-order chi connectivity index (χ1) is 11.4. The van der Waals surface area contributed by atoms with E-state index in [0.29, 0.717) is 5.92 Å². The quantitative estimate of drug-likeness (QED) is 0.469. The molecule has 0 bridgehead atoms. The Balaban J connectivity index is 1.69. The van der Waals surface area contributed by atoms with Crippen molar-refractivity contribution in [1.82, 2.24) is 0 Å². The Morgan fingerprint density at radius 1 is 0.875 bits per heavy atom. The van der Waals surface area contributed by atoms with Gasteiger partial charge in [-0.1, -0.05) is 36.4 Å². The lowest BCUT2D eigenvalue weighted by Gasteiger charge is -2.24. The predicted octanol–water partition coefficient (Wildman–Crippen LogP) is 6.09. The molecule has 128 valence electrons. The number of benzene rings is 2. The van der Waals surface area contributed by atoms with Gasteiger partial charge in [0.1, 0.15) is 13.9 Å². The molecule has 0 unspecified atom stereocenters. The summed E-state index contributed by atoms with van der Waals surface area (Å²) in [4.78, 5) is 0. The molecular weight excluding hydrogens is 353 g/mol. The van der Waals surface area contributed by atoms with Crippen LogP contribution in [-0.2, 0) is 0 Å². The Morgan fingerprint density at radius 2 is 1.38 bits per heavy atom. The van der Waals surface area contributed by atoms with E-state index >= 15 is 0 Å². The second-order valence-corrected chi connectivity index (χ2v) is 10.3. The minimum Gasteiger partial charge on any atom is -0.406 e. The van der Waals surface area contributed by atoms with Gasteiger partial charge in [0.05, 0.1) is 0 Å². The summed E-state index contributed by atoms with van der Waals surface area (Å²) >= 11 is 6.29. The van der Waals surface area contributed by atoms with Gasteiger partial charge < -0.3 is 4.74 Å². The van der Waals surface area contributed by atoms with Gasteiger partial charge in [-0.25, -0.2) is 0 Å². The monoisotopic (exact) mass is 370 g/mol. The van der Waals surface area contributed by atoms with Crippen LogP contribution in [0.4, 0.5) is 13.2 Å². The van der Waals surface area contributed by atoms with E-state index in [1.54, 1.807) is 12.1 Å². The minimum atomic E-state index is -4.66. The molecule has 1 fully saturated rings. The molecule has 0 amide bonds. The molecular formula is C18H18ClF3OSi. The first-order valence-corrected chi connectivity index (χ1v) is 11.4. The van der Waals surface area contributed by atoms with Gasteiger partial charge in [0, 0.05) is 0 Å². The zero-order chi connectivity index (χ0) is 17.2. The summed E-state index contributed by atoms with van der Waals surface area (Å²) in [6, 6.07) is 16.6. The van der Waals surface area contributed by atoms with Crippen LogP contribution in [0.1, 0.15) is 24.3 Å². The molecule has 0 aromatic heterocycles. The van der Waals surface area contributed by atoms with E-state index in [2.05, 4.69) is 16.9 Å². The van der Waals surface area contributed by atoms with Crippen LogP contribution in [-0.4, -0.2) is 14.5 Å². The van der Waals surface area contributed by atoms with Crippen LogP contribution < -0.4 is 4.74 Å². The number of rotatable bonds is 3. The van der Waals surface area contributed by atoms with Crippen molar-refractivity contribution in [3.05, 3.63) is 54.1 Å². The molecule has 0 radical (unpaired) electrons. The average molecular weight is 371 g/mol. The van der Waals surface area contributed by atoms with E-state index in [1.807, 2.05) is 12.1 Å². The van der Waals surface area contributed by atoms with Gasteiger partial charge in [-0.05, 0) is 59.7 Å². The third-order valence-electron chi connectivity index (χ3n) is 4.46. The number of ether oxygens (including phenoxy) is 1. The molecule has 0 spiro atoms. The summed E-state index contributed by atoms with van der Waals surface area (Å²) < 4.78 is 40.4. The molecule has 3 rings (SSSR count). The Morgan fingerprint density at radius 3 is 1.88 bits per heavy atom. The molecule has 6 heteroatoms. The Hall–Kier alpha value is -1.46. The fourth-order valence-electron chi connectivity index (χ4n) is 3.18. The van der Waals surface area contributed by atoms with Gasteiger partial charge >= 0.3 is 6.36 Å².